The van der Waals surface area contributed by atoms with E-state index in [1.54, 1.807) is 0 Å². The molecule has 0 saturated heterocycles. The van der Waals surface area contributed by atoms with E-state index in [1.807, 2.05) is 55.5 Å². The number of aromatic nitrogens is 2. The highest BCUT2D eigenvalue weighted by Gasteiger charge is 2.13. The van der Waals surface area contributed by atoms with Crippen LogP contribution >= 0.6 is 11.3 Å². The molecule has 2 heterocycles. The first-order valence-corrected chi connectivity index (χ1v) is 8.66. The summed E-state index contributed by atoms with van der Waals surface area (Å²) in [5.41, 5.74) is 3.50. The summed E-state index contributed by atoms with van der Waals surface area (Å²) in [4.78, 5) is 21.1. The van der Waals surface area contributed by atoms with Crippen molar-refractivity contribution in [1.82, 2.24) is 9.97 Å². The monoisotopic (exact) mass is 349 g/mol. The van der Waals surface area contributed by atoms with Crippen molar-refractivity contribution in [2.75, 3.05) is 5.32 Å². The van der Waals surface area contributed by atoms with Crippen molar-refractivity contribution in [2.45, 2.75) is 13.3 Å². The highest BCUT2D eigenvalue weighted by molar-refractivity contribution is 7.22. The fourth-order valence-electron chi connectivity index (χ4n) is 2.57. The van der Waals surface area contributed by atoms with Crippen LogP contribution in [0.3, 0.4) is 0 Å². The maximum Gasteiger partial charge on any atom is 0.232 e. The molecule has 2 aromatic heterocycles. The van der Waals surface area contributed by atoms with Crippen LogP contribution in [0.1, 0.15) is 11.3 Å². The molecule has 0 spiro atoms. The Kier molecular flexibility index (Phi) is 4.03. The van der Waals surface area contributed by atoms with Crippen LogP contribution in [0.2, 0.25) is 0 Å². The van der Waals surface area contributed by atoms with Crippen LogP contribution in [0.15, 0.2) is 59.2 Å². The molecular formula is C19H15N3O2S. The first kappa shape index (κ1) is 15.5. The smallest absolute Gasteiger partial charge is 0.232 e. The van der Waals surface area contributed by atoms with E-state index in [1.165, 1.54) is 17.6 Å². The summed E-state index contributed by atoms with van der Waals surface area (Å²) < 4.78 is 6.52. The first-order valence-electron chi connectivity index (χ1n) is 7.85. The normalized spacial score (nSPS) is 10.9. The summed E-state index contributed by atoms with van der Waals surface area (Å²) in [5, 5.41) is 3.44. The summed E-state index contributed by atoms with van der Waals surface area (Å²) in [5.74, 6) is 0.351. The molecule has 0 fully saturated rings. The second kappa shape index (κ2) is 6.49. The molecule has 6 heteroatoms. The van der Waals surface area contributed by atoms with Crippen LogP contribution in [0, 0.1) is 6.92 Å². The van der Waals surface area contributed by atoms with E-state index in [0.717, 1.165) is 21.3 Å². The SMILES string of the molecule is Cc1cccc2sc(NC(=O)Cc3coc(-c4ccccc4)n3)nc12. The fraction of sp³-hybridized carbons (Fsp3) is 0.105. The number of para-hydroxylation sites is 1. The van der Waals surface area contributed by atoms with Gasteiger partial charge in [-0.15, -0.1) is 0 Å². The molecule has 0 bridgehead atoms. The number of fused-ring (bicyclic) bond motifs is 1. The molecule has 4 rings (SSSR count). The van der Waals surface area contributed by atoms with Crippen LogP contribution in [0.4, 0.5) is 5.13 Å². The number of anilines is 1. The quantitative estimate of drug-likeness (QED) is 0.591. The van der Waals surface area contributed by atoms with Crippen molar-refractivity contribution in [2.24, 2.45) is 0 Å². The Labute approximate surface area is 148 Å². The molecule has 0 aliphatic rings. The highest BCUT2D eigenvalue weighted by Crippen LogP contribution is 2.28. The second-order valence-corrected chi connectivity index (χ2v) is 6.71. The zero-order valence-electron chi connectivity index (χ0n) is 13.5. The van der Waals surface area contributed by atoms with Crippen molar-refractivity contribution in [3.05, 3.63) is 66.1 Å². The summed E-state index contributed by atoms with van der Waals surface area (Å²) in [6, 6.07) is 15.6. The summed E-state index contributed by atoms with van der Waals surface area (Å²) in [7, 11) is 0. The number of aryl methyl sites for hydroxylation is 1. The molecule has 25 heavy (non-hydrogen) atoms. The van der Waals surface area contributed by atoms with Crippen LogP contribution in [0.25, 0.3) is 21.7 Å². The van der Waals surface area contributed by atoms with Crippen molar-refractivity contribution in [3.8, 4) is 11.5 Å². The number of thiazole rings is 1. The van der Waals surface area contributed by atoms with Gasteiger partial charge in [-0.1, -0.05) is 41.7 Å². The Bertz CT molecular complexity index is 1040. The number of hydrogen-bond donors (Lipinski definition) is 1. The number of benzene rings is 2. The van der Waals surface area contributed by atoms with Crippen molar-refractivity contribution >= 4 is 32.6 Å². The molecule has 124 valence electrons. The molecule has 0 saturated carbocycles. The van der Waals surface area contributed by atoms with E-state index in [-0.39, 0.29) is 12.3 Å². The molecule has 5 nitrogen and oxygen atoms in total. The van der Waals surface area contributed by atoms with Crippen LogP contribution in [0.5, 0.6) is 0 Å². The number of carbonyl (C=O) groups excluding carboxylic acids is 1. The Morgan fingerprint density at radius 1 is 1.12 bits per heavy atom. The molecule has 2 aromatic carbocycles. The molecule has 0 radical (unpaired) electrons. The minimum Gasteiger partial charge on any atom is -0.444 e. The summed E-state index contributed by atoms with van der Waals surface area (Å²) in [6.07, 6.45) is 1.66. The summed E-state index contributed by atoms with van der Waals surface area (Å²) in [6.45, 7) is 2.01. The van der Waals surface area contributed by atoms with Gasteiger partial charge >= 0.3 is 0 Å². The predicted octanol–water partition coefficient (Wildman–Crippen LogP) is 4.44. The molecule has 1 N–H and O–H groups in total. The van der Waals surface area contributed by atoms with Gasteiger partial charge in [-0.25, -0.2) is 9.97 Å². The lowest BCUT2D eigenvalue weighted by Gasteiger charge is -1.98. The molecular weight excluding hydrogens is 334 g/mol. The average molecular weight is 349 g/mol. The van der Waals surface area contributed by atoms with Gasteiger partial charge in [0, 0.05) is 5.56 Å². The standard InChI is InChI=1S/C19H15N3O2S/c1-12-6-5-9-15-17(12)22-19(25-15)21-16(23)10-14-11-24-18(20-14)13-7-3-2-4-8-13/h2-9,11H,10H2,1H3,(H,21,22,23). The molecule has 0 unspecified atom stereocenters. The third-order valence-electron chi connectivity index (χ3n) is 3.78. The molecule has 0 aliphatic carbocycles. The first-order chi connectivity index (χ1) is 12.2. The number of nitrogens with zero attached hydrogens (tertiary/aromatic N) is 2. The lowest BCUT2D eigenvalue weighted by molar-refractivity contribution is -0.115. The zero-order chi connectivity index (χ0) is 17.2. The Hall–Kier alpha value is -2.99. The number of hydrogen-bond acceptors (Lipinski definition) is 5. The Balaban J connectivity index is 1.47. The van der Waals surface area contributed by atoms with E-state index in [4.69, 9.17) is 4.42 Å². The van der Waals surface area contributed by atoms with Gasteiger partial charge in [0.2, 0.25) is 11.8 Å². The van der Waals surface area contributed by atoms with Crippen molar-refractivity contribution < 1.29 is 9.21 Å². The van der Waals surface area contributed by atoms with Gasteiger partial charge in [0.25, 0.3) is 0 Å². The van der Waals surface area contributed by atoms with E-state index < -0.39 is 0 Å². The maximum atomic E-state index is 12.3. The lowest BCUT2D eigenvalue weighted by Crippen LogP contribution is -2.14. The van der Waals surface area contributed by atoms with Gasteiger partial charge in [0.05, 0.1) is 22.3 Å². The van der Waals surface area contributed by atoms with Gasteiger partial charge in [-0.2, -0.15) is 0 Å². The second-order valence-electron chi connectivity index (χ2n) is 5.68. The highest BCUT2D eigenvalue weighted by atomic mass is 32.1. The number of rotatable bonds is 4. The third-order valence-corrected chi connectivity index (χ3v) is 4.72. The number of oxazole rings is 1. The van der Waals surface area contributed by atoms with Gasteiger partial charge < -0.3 is 9.73 Å². The number of carbonyl (C=O) groups is 1. The fourth-order valence-corrected chi connectivity index (χ4v) is 3.53. The third kappa shape index (κ3) is 3.29. The van der Waals surface area contributed by atoms with Crippen LogP contribution in [-0.2, 0) is 11.2 Å². The summed E-state index contributed by atoms with van der Waals surface area (Å²) >= 11 is 1.47. The molecule has 0 aliphatic heterocycles. The van der Waals surface area contributed by atoms with Crippen molar-refractivity contribution in [1.29, 1.82) is 0 Å². The predicted molar refractivity (Wildman–Crippen MR) is 98.6 cm³/mol. The van der Waals surface area contributed by atoms with Crippen LogP contribution < -0.4 is 5.32 Å². The topological polar surface area (TPSA) is 68.0 Å². The lowest BCUT2D eigenvalue weighted by atomic mass is 10.2. The minimum absolute atomic E-state index is 0.144. The number of nitrogens with one attached hydrogen (secondary N) is 1. The van der Waals surface area contributed by atoms with E-state index >= 15 is 0 Å². The molecule has 1 amide bonds. The van der Waals surface area contributed by atoms with Crippen molar-refractivity contribution in [3.63, 3.8) is 0 Å². The number of amides is 1. The van der Waals surface area contributed by atoms with E-state index in [0.29, 0.717) is 16.7 Å². The zero-order valence-corrected chi connectivity index (χ0v) is 14.3. The van der Waals surface area contributed by atoms with E-state index in [2.05, 4.69) is 15.3 Å². The average Bonchev–Trinajstić information content (AvgIpc) is 3.23. The molecule has 0 atom stereocenters. The van der Waals surface area contributed by atoms with Gasteiger partial charge in [0.15, 0.2) is 5.13 Å². The minimum atomic E-state index is -0.162. The van der Waals surface area contributed by atoms with Gasteiger partial charge in [-0.05, 0) is 30.7 Å². The van der Waals surface area contributed by atoms with Gasteiger partial charge in [0.1, 0.15) is 6.26 Å². The van der Waals surface area contributed by atoms with Crippen LogP contribution in [-0.4, -0.2) is 15.9 Å². The maximum absolute atomic E-state index is 12.3. The Morgan fingerprint density at radius 2 is 1.96 bits per heavy atom. The molecule has 4 aromatic rings. The largest absolute Gasteiger partial charge is 0.444 e. The Morgan fingerprint density at radius 3 is 2.76 bits per heavy atom. The van der Waals surface area contributed by atoms with E-state index in [9.17, 15) is 4.79 Å². The van der Waals surface area contributed by atoms with Gasteiger partial charge in [-0.3, -0.25) is 4.79 Å².